The molecule has 0 aliphatic carbocycles. The highest BCUT2D eigenvalue weighted by atomic mass is 35.5. The predicted molar refractivity (Wildman–Crippen MR) is 239 cm³/mol. The minimum Gasteiger partial charge on any atom is -0.475 e. The smallest absolute Gasteiger partial charge is 0.475 e. The van der Waals surface area contributed by atoms with E-state index < -0.39 is 88.7 Å². The number of hydrogen-bond acceptors (Lipinski definition) is 16. The molecule has 4 fully saturated rings. The molecule has 0 saturated carbocycles. The van der Waals surface area contributed by atoms with Gasteiger partial charge in [0.1, 0.15) is 23.3 Å². The summed E-state index contributed by atoms with van der Waals surface area (Å²) in [5, 5.41) is 17.2. The Balaban J connectivity index is 0.000000266. The van der Waals surface area contributed by atoms with Crippen molar-refractivity contribution in [3.05, 3.63) is 46.7 Å². The molecule has 2 aromatic heterocycles. The number of carbonyl (C=O) groups excluding carboxylic acids is 4. The van der Waals surface area contributed by atoms with E-state index in [1.165, 1.54) is 21.0 Å². The van der Waals surface area contributed by atoms with E-state index in [0.717, 1.165) is 6.26 Å². The second-order valence-corrected chi connectivity index (χ2v) is 22.7. The van der Waals surface area contributed by atoms with Crippen LogP contribution in [0, 0.1) is 0 Å². The van der Waals surface area contributed by atoms with Crippen molar-refractivity contribution in [1.29, 1.82) is 0 Å². The minimum atomic E-state index is -5.08. The molecule has 4 aliphatic heterocycles. The number of carbonyl (C=O) groups is 5. The van der Waals surface area contributed by atoms with Crippen LogP contribution in [-0.4, -0.2) is 165 Å². The summed E-state index contributed by atoms with van der Waals surface area (Å²) in [5.74, 6) is -4.43. The number of imide groups is 2. The first-order valence-electron chi connectivity index (χ1n) is 20.8. The van der Waals surface area contributed by atoms with Crippen molar-refractivity contribution in [2.45, 2.75) is 80.8 Å². The van der Waals surface area contributed by atoms with Gasteiger partial charge in [0.05, 0.1) is 27.8 Å². The molecule has 4 saturated heterocycles. The number of amides is 6. The van der Waals surface area contributed by atoms with Crippen LogP contribution in [0.5, 0.6) is 11.8 Å². The van der Waals surface area contributed by atoms with Crippen LogP contribution in [0.2, 0.25) is 10.0 Å². The lowest BCUT2D eigenvalue weighted by molar-refractivity contribution is -0.192. The zero-order chi connectivity index (χ0) is 51.4. The first-order valence-corrected chi connectivity index (χ1v) is 26.7. The van der Waals surface area contributed by atoms with Crippen LogP contribution in [0.1, 0.15) is 51.4 Å². The molecular weight excluding hydrogens is 1030 g/mol. The molecule has 2 atom stereocenters. The molecule has 24 nitrogen and oxygen atoms in total. The van der Waals surface area contributed by atoms with Crippen molar-refractivity contribution in [3.63, 3.8) is 0 Å². The normalized spacial score (nSPS) is 22.0. The largest absolute Gasteiger partial charge is 0.490 e. The Morgan fingerprint density at radius 3 is 1.43 bits per heavy atom. The predicted octanol–water partition coefficient (Wildman–Crippen LogP) is 0.674. The van der Waals surface area contributed by atoms with Crippen LogP contribution in [0.3, 0.4) is 0 Å². The quantitative estimate of drug-likeness (QED) is 0.0797. The number of nitrogens with one attached hydrogen (secondary N) is 5. The average Bonchev–Trinajstić information content (AvgIpc) is 3.69. The molecule has 8 N–H and O–H groups in total. The second-order valence-electron chi connectivity index (χ2n) is 16.0. The number of sulfonamides is 3. The number of rotatable bonds is 18. The van der Waals surface area contributed by atoms with Gasteiger partial charge in [0, 0.05) is 57.3 Å². The molecule has 6 rings (SSSR count). The third kappa shape index (κ3) is 17.3. The van der Waals surface area contributed by atoms with E-state index in [1.54, 1.807) is 24.3 Å². The maximum atomic E-state index is 13.1. The lowest BCUT2D eigenvalue weighted by atomic mass is 9.96. The zero-order valence-electron chi connectivity index (χ0n) is 36.7. The van der Waals surface area contributed by atoms with E-state index >= 15 is 0 Å². The Kier molecular flexibility index (Phi) is 19.7. The standard InChI is InChI=1S/C18H26ClN5O7S2.C17H24ClN5O5S.C2HF3O2/c1-32(27,28)21-8-2-7-18(16(25)22-17(26)23-18)12-33(29,30)24-9-5-14(6-10-24)31-15-4-3-13(19)11-20-15;18-12-2-3-14(20-10-12)28-13-4-8-23(9-5-13)29(26,27)11-17(6-1-7-19)15(24)21-16(25)22-17;3-2(4,5)1(6)7/h3-4,11,14,21H,2,5-10,12H2,1H3,(H2,22,23,25,26);2-3,10,13H,1,4-9,11,19H2,(H2,21,22,24,25);(H,6,7). The van der Waals surface area contributed by atoms with Gasteiger partial charge in [-0.25, -0.2) is 62.9 Å². The number of hydrogen-bond donors (Lipinski definition) is 7. The third-order valence-electron chi connectivity index (χ3n) is 10.6. The van der Waals surface area contributed by atoms with Crippen molar-refractivity contribution in [2.24, 2.45) is 5.73 Å². The van der Waals surface area contributed by atoms with E-state index in [1.807, 2.05) is 0 Å². The van der Waals surface area contributed by atoms with E-state index in [2.05, 4.69) is 36.0 Å². The number of nitrogens with zero attached hydrogens (tertiary/aromatic N) is 4. The summed E-state index contributed by atoms with van der Waals surface area (Å²) in [6, 6.07) is 5.14. The number of carboxylic acids is 1. The van der Waals surface area contributed by atoms with E-state index in [4.69, 9.17) is 48.3 Å². The summed E-state index contributed by atoms with van der Waals surface area (Å²) in [4.78, 5) is 65.2. The van der Waals surface area contributed by atoms with Crippen LogP contribution >= 0.6 is 23.2 Å². The molecule has 2 unspecified atom stereocenters. The highest BCUT2D eigenvalue weighted by Gasteiger charge is 2.51. The fourth-order valence-electron chi connectivity index (χ4n) is 7.27. The summed E-state index contributed by atoms with van der Waals surface area (Å²) < 4.78 is 123. The summed E-state index contributed by atoms with van der Waals surface area (Å²) in [6.07, 6.45) is 0.945. The SMILES string of the molecule is CS(=O)(=O)NCCCC1(CS(=O)(=O)N2CCC(Oc3ccc(Cl)cn3)CC2)NC(=O)NC1=O.NCCCC1(CS(=O)(=O)N2CCC(Oc3ccc(Cl)cn3)CC2)NC(=O)NC1=O.O=C(O)C(F)(F)F. The number of aromatic nitrogens is 2. The molecule has 32 heteroatoms. The van der Waals surface area contributed by atoms with Crippen molar-refractivity contribution in [2.75, 3.05) is 57.0 Å². The van der Waals surface area contributed by atoms with Crippen LogP contribution in [0.25, 0.3) is 0 Å². The molecule has 69 heavy (non-hydrogen) atoms. The second kappa shape index (κ2) is 23.9. The molecule has 0 aromatic carbocycles. The van der Waals surface area contributed by atoms with Gasteiger partial charge >= 0.3 is 24.2 Å². The molecule has 6 amide bonds. The molecule has 0 radical (unpaired) electrons. The van der Waals surface area contributed by atoms with Crippen molar-refractivity contribution in [1.82, 2.24) is 44.6 Å². The number of alkyl halides is 3. The molecule has 4 aliphatic rings. The molecule has 2 aromatic rings. The number of nitrogens with two attached hydrogens (primary N) is 1. The fraction of sp³-hybridized carbons (Fsp3) is 0.595. The number of pyridine rings is 2. The third-order valence-corrected chi connectivity index (χ3v) is 15.8. The highest BCUT2D eigenvalue weighted by molar-refractivity contribution is 7.89. The number of piperidine rings is 2. The first kappa shape index (κ1) is 56.9. The Morgan fingerprint density at radius 2 is 1.14 bits per heavy atom. The topological polar surface area (TPSA) is 345 Å². The molecule has 386 valence electrons. The van der Waals surface area contributed by atoms with E-state index in [-0.39, 0.29) is 70.7 Å². The highest BCUT2D eigenvalue weighted by Crippen LogP contribution is 2.28. The van der Waals surface area contributed by atoms with Gasteiger partial charge in [0.15, 0.2) is 0 Å². The van der Waals surface area contributed by atoms with Gasteiger partial charge in [0.2, 0.25) is 41.8 Å². The monoisotopic (exact) mass is 1080 g/mol. The molecule has 0 spiro atoms. The van der Waals surface area contributed by atoms with Crippen molar-refractivity contribution >= 4 is 83.1 Å². The van der Waals surface area contributed by atoms with Gasteiger partial charge in [-0.15, -0.1) is 0 Å². The molecule has 0 bridgehead atoms. The number of ether oxygens (including phenoxy) is 2. The lowest BCUT2D eigenvalue weighted by Crippen LogP contribution is -2.56. The Morgan fingerprint density at radius 1 is 0.768 bits per heavy atom. The van der Waals surface area contributed by atoms with Gasteiger partial charge in [0.25, 0.3) is 11.8 Å². The Hall–Kier alpha value is -4.69. The summed E-state index contributed by atoms with van der Waals surface area (Å²) in [7, 11) is -11.1. The maximum absolute atomic E-state index is 13.1. The van der Waals surface area contributed by atoms with Gasteiger partial charge < -0.3 is 30.9 Å². The maximum Gasteiger partial charge on any atom is 0.490 e. The van der Waals surface area contributed by atoms with Crippen LogP contribution in [0.15, 0.2) is 36.7 Å². The van der Waals surface area contributed by atoms with Gasteiger partial charge in [-0.1, -0.05) is 23.2 Å². The van der Waals surface area contributed by atoms with E-state index in [9.17, 15) is 57.6 Å². The van der Waals surface area contributed by atoms with Crippen molar-refractivity contribution in [3.8, 4) is 11.8 Å². The minimum absolute atomic E-state index is 0.00521. The Labute approximate surface area is 405 Å². The van der Waals surface area contributed by atoms with Crippen LogP contribution in [0.4, 0.5) is 22.8 Å². The lowest BCUT2D eigenvalue weighted by Gasteiger charge is -2.34. The number of aliphatic carboxylic acids is 1. The number of carboxylic acid groups (broad SMARTS) is 1. The summed E-state index contributed by atoms with van der Waals surface area (Å²) in [5.41, 5.74) is 2.35. The Bertz CT molecular complexity index is 2490. The van der Waals surface area contributed by atoms with Crippen LogP contribution in [-0.2, 0) is 44.5 Å². The molecular formula is C37H51Cl2F3N10O14S3. The van der Waals surface area contributed by atoms with Crippen molar-refractivity contribution < 1.29 is 77.0 Å². The van der Waals surface area contributed by atoms with Crippen LogP contribution < -0.4 is 41.2 Å². The van der Waals surface area contributed by atoms with E-state index in [0.29, 0.717) is 53.9 Å². The number of urea groups is 2. The average molecular weight is 1080 g/mol. The number of halogens is 5. The first-order chi connectivity index (χ1) is 32.1. The fourth-order valence-corrected chi connectivity index (χ4v) is 11.9. The molecule has 6 heterocycles. The van der Waals surface area contributed by atoms with Gasteiger partial charge in [-0.3, -0.25) is 20.2 Å². The van der Waals surface area contributed by atoms with Gasteiger partial charge in [-0.05, 0) is 70.0 Å². The van der Waals surface area contributed by atoms with Gasteiger partial charge in [-0.2, -0.15) is 13.2 Å². The zero-order valence-corrected chi connectivity index (χ0v) is 40.6. The summed E-state index contributed by atoms with van der Waals surface area (Å²) in [6.45, 7) is 1.16. The summed E-state index contributed by atoms with van der Waals surface area (Å²) >= 11 is 11.6.